The van der Waals surface area contributed by atoms with E-state index in [1.54, 1.807) is 0 Å². The van der Waals surface area contributed by atoms with E-state index in [4.69, 9.17) is 5.73 Å². The molecule has 3 aromatic rings. The molecule has 0 spiro atoms. The molecule has 0 saturated carbocycles. The monoisotopic (exact) mass is 279 g/mol. The van der Waals surface area contributed by atoms with Gasteiger partial charge in [0.25, 0.3) is 0 Å². The van der Waals surface area contributed by atoms with Crippen molar-refractivity contribution < 1.29 is 0 Å². The quantitative estimate of drug-likeness (QED) is 0.779. The molecule has 3 rings (SSSR count). The van der Waals surface area contributed by atoms with Gasteiger partial charge in [0.15, 0.2) is 0 Å². The Bertz CT molecular complexity index is 714. The van der Waals surface area contributed by atoms with Crippen LogP contribution in [0.2, 0.25) is 0 Å². The van der Waals surface area contributed by atoms with Crippen molar-refractivity contribution in [1.82, 2.24) is 9.55 Å². The Morgan fingerprint density at radius 1 is 1.14 bits per heavy atom. The standard InChI is InChI=1S/C18H21N3/c1-14(19)12-15-13-21(18-8-3-2-7-17(15)18)11-9-16-6-4-5-10-20-16/h2-8,10,13-14H,9,11-12,19H2,1H3. The lowest BCUT2D eigenvalue weighted by Crippen LogP contribution is -2.17. The number of pyridine rings is 1. The lowest BCUT2D eigenvalue weighted by atomic mass is 10.1. The second-order valence-electron chi connectivity index (χ2n) is 5.62. The predicted octanol–water partition coefficient (Wildman–Crippen LogP) is 3.17. The highest BCUT2D eigenvalue weighted by atomic mass is 15.0. The fourth-order valence-electron chi connectivity index (χ4n) is 2.80. The maximum atomic E-state index is 5.97. The van der Waals surface area contributed by atoms with E-state index in [1.807, 2.05) is 18.3 Å². The molecule has 0 bridgehead atoms. The Morgan fingerprint density at radius 3 is 2.71 bits per heavy atom. The fraction of sp³-hybridized carbons (Fsp3) is 0.278. The largest absolute Gasteiger partial charge is 0.347 e. The van der Waals surface area contributed by atoms with Crippen LogP contribution in [-0.4, -0.2) is 15.6 Å². The smallest absolute Gasteiger partial charge is 0.0483 e. The van der Waals surface area contributed by atoms with Crippen molar-refractivity contribution in [3.63, 3.8) is 0 Å². The van der Waals surface area contributed by atoms with E-state index in [2.05, 4.69) is 53.0 Å². The van der Waals surface area contributed by atoms with E-state index >= 15 is 0 Å². The summed E-state index contributed by atoms with van der Waals surface area (Å²) in [5, 5.41) is 1.32. The van der Waals surface area contributed by atoms with Gasteiger partial charge in [-0.05, 0) is 37.1 Å². The molecule has 2 heterocycles. The van der Waals surface area contributed by atoms with Gasteiger partial charge < -0.3 is 10.3 Å². The Hall–Kier alpha value is -2.13. The van der Waals surface area contributed by atoms with Crippen molar-refractivity contribution in [2.75, 3.05) is 0 Å². The van der Waals surface area contributed by atoms with Crippen molar-refractivity contribution >= 4 is 10.9 Å². The molecule has 2 aromatic heterocycles. The molecule has 0 aliphatic heterocycles. The van der Waals surface area contributed by atoms with Gasteiger partial charge in [-0.1, -0.05) is 24.3 Å². The van der Waals surface area contributed by atoms with Crippen LogP contribution in [0.15, 0.2) is 54.9 Å². The molecule has 0 saturated heterocycles. The molecule has 3 nitrogen and oxygen atoms in total. The second-order valence-corrected chi connectivity index (χ2v) is 5.62. The summed E-state index contributed by atoms with van der Waals surface area (Å²) >= 11 is 0. The van der Waals surface area contributed by atoms with Gasteiger partial charge in [0.05, 0.1) is 0 Å². The molecule has 0 radical (unpaired) electrons. The van der Waals surface area contributed by atoms with Crippen molar-refractivity contribution in [1.29, 1.82) is 0 Å². The number of hydrogen-bond acceptors (Lipinski definition) is 2. The fourth-order valence-corrected chi connectivity index (χ4v) is 2.80. The number of benzene rings is 1. The molecule has 2 N–H and O–H groups in total. The number of nitrogens with two attached hydrogens (primary N) is 1. The summed E-state index contributed by atoms with van der Waals surface area (Å²) in [5.41, 5.74) is 9.72. The van der Waals surface area contributed by atoms with Gasteiger partial charge >= 0.3 is 0 Å². The number of nitrogens with zero attached hydrogens (tertiary/aromatic N) is 2. The molecule has 0 aliphatic rings. The van der Waals surface area contributed by atoms with Crippen molar-refractivity contribution in [2.45, 2.75) is 32.4 Å². The highest BCUT2D eigenvalue weighted by Crippen LogP contribution is 2.22. The van der Waals surface area contributed by atoms with Gasteiger partial charge in [-0.3, -0.25) is 4.98 Å². The van der Waals surface area contributed by atoms with Gasteiger partial charge in [-0.2, -0.15) is 0 Å². The lowest BCUT2D eigenvalue weighted by molar-refractivity contribution is 0.697. The minimum Gasteiger partial charge on any atom is -0.347 e. The molecule has 1 unspecified atom stereocenters. The first-order chi connectivity index (χ1) is 10.2. The highest BCUT2D eigenvalue weighted by Gasteiger charge is 2.09. The molecule has 1 atom stereocenters. The van der Waals surface area contributed by atoms with Crippen molar-refractivity contribution in [3.8, 4) is 0 Å². The molecular formula is C18H21N3. The Morgan fingerprint density at radius 2 is 1.95 bits per heavy atom. The molecule has 0 amide bonds. The highest BCUT2D eigenvalue weighted by molar-refractivity contribution is 5.84. The average molecular weight is 279 g/mol. The summed E-state index contributed by atoms with van der Waals surface area (Å²) in [7, 11) is 0. The van der Waals surface area contributed by atoms with Crippen LogP contribution in [0, 0.1) is 0 Å². The molecule has 3 heteroatoms. The van der Waals surface area contributed by atoms with Crippen LogP contribution in [-0.2, 0) is 19.4 Å². The van der Waals surface area contributed by atoms with Gasteiger partial charge in [-0.25, -0.2) is 0 Å². The third-order valence-electron chi connectivity index (χ3n) is 3.75. The Labute approximate surface area is 125 Å². The normalized spacial score (nSPS) is 12.7. The third-order valence-corrected chi connectivity index (χ3v) is 3.75. The van der Waals surface area contributed by atoms with E-state index in [0.29, 0.717) is 0 Å². The third kappa shape index (κ3) is 3.14. The molecule has 0 fully saturated rings. The number of rotatable bonds is 5. The van der Waals surface area contributed by atoms with Crippen LogP contribution in [0.4, 0.5) is 0 Å². The maximum absolute atomic E-state index is 5.97. The molecule has 21 heavy (non-hydrogen) atoms. The number of hydrogen-bond donors (Lipinski definition) is 1. The zero-order valence-corrected chi connectivity index (χ0v) is 12.4. The zero-order valence-electron chi connectivity index (χ0n) is 12.4. The van der Waals surface area contributed by atoms with E-state index in [-0.39, 0.29) is 6.04 Å². The number of aryl methyl sites for hydroxylation is 2. The Balaban J connectivity index is 1.88. The van der Waals surface area contributed by atoms with Crippen LogP contribution in [0.3, 0.4) is 0 Å². The van der Waals surface area contributed by atoms with Crippen molar-refractivity contribution in [3.05, 3.63) is 66.1 Å². The number of aromatic nitrogens is 2. The first-order valence-corrected chi connectivity index (χ1v) is 7.46. The first-order valence-electron chi connectivity index (χ1n) is 7.46. The second kappa shape index (κ2) is 6.10. The Kier molecular flexibility index (Phi) is 4.02. The minimum atomic E-state index is 0.181. The molecule has 0 aliphatic carbocycles. The summed E-state index contributed by atoms with van der Waals surface area (Å²) in [5.74, 6) is 0. The van der Waals surface area contributed by atoms with Crippen LogP contribution in [0.25, 0.3) is 10.9 Å². The summed E-state index contributed by atoms with van der Waals surface area (Å²) in [6.45, 7) is 3.00. The molecule has 1 aromatic carbocycles. The van der Waals surface area contributed by atoms with Crippen LogP contribution < -0.4 is 5.73 Å². The summed E-state index contributed by atoms with van der Waals surface area (Å²) in [4.78, 5) is 4.40. The average Bonchev–Trinajstić information content (AvgIpc) is 2.84. The van der Waals surface area contributed by atoms with Crippen LogP contribution in [0.1, 0.15) is 18.2 Å². The van der Waals surface area contributed by atoms with E-state index in [1.165, 1.54) is 16.5 Å². The number of fused-ring (bicyclic) bond motifs is 1. The van der Waals surface area contributed by atoms with E-state index in [9.17, 15) is 0 Å². The van der Waals surface area contributed by atoms with Crippen LogP contribution >= 0.6 is 0 Å². The summed E-state index contributed by atoms with van der Waals surface area (Å²) in [6, 6.07) is 14.8. The summed E-state index contributed by atoms with van der Waals surface area (Å²) in [6.07, 6.45) is 5.95. The SMILES string of the molecule is CC(N)Cc1cn(CCc2ccccn2)c2ccccc12. The minimum absolute atomic E-state index is 0.181. The molecule has 108 valence electrons. The maximum Gasteiger partial charge on any atom is 0.0483 e. The first kappa shape index (κ1) is 13.8. The zero-order chi connectivity index (χ0) is 14.7. The van der Waals surface area contributed by atoms with E-state index < -0.39 is 0 Å². The number of para-hydroxylation sites is 1. The molecular weight excluding hydrogens is 258 g/mol. The van der Waals surface area contributed by atoms with Crippen molar-refractivity contribution in [2.24, 2.45) is 5.73 Å². The van der Waals surface area contributed by atoms with Gasteiger partial charge in [0.1, 0.15) is 0 Å². The van der Waals surface area contributed by atoms with Gasteiger partial charge in [-0.15, -0.1) is 0 Å². The van der Waals surface area contributed by atoms with E-state index in [0.717, 1.165) is 25.1 Å². The van der Waals surface area contributed by atoms with Crippen LogP contribution in [0.5, 0.6) is 0 Å². The topological polar surface area (TPSA) is 43.8 Å². The lowest BCUT2D eigenvalue weighted by Gasteiger charge is -2.04. The van der Waals surface area contributed by atoms with Gasteiger partial charge in [0.2, 0.25) is 0 Å². The van der Waals surface area contributed by atoms with Gasteiger partial charge in [0, 0.05) is 48.0 Å². The summed E-state index contributed by atoms with van der Waals surface area (Å²) < 4.78 is 2.32. The predicted molar refractivity (Wildman–Crippen MR) is 87.2 cm³/mol.